The Bertz CT molecular complexity index is 1390. The SMILES string of the molecule is O=C(Nc1cc(-c2cccc3[nH]ccc23)cc2[nH]ncc12)c1cccc(F)c1F. The van der Waals surface area contributed by atoms with Gasteiger partial charge >= 0.3 is 0 Å². The van der Waals surface area contributed by atoms with Gasteiger partial charge in [-0.3, -0.25) is 9.89 Å². The lowest BCUT2D eigenvalue weighted by atomic mass is 9.99. The monoisotopic (exact) mass is 388 g/mol. The summed E-state index contributed by atoms with van der Waals surface area (Å²) >= 11 is 0. The number of hydrogen-bond donors (Lipinski definition) is 3. The van der Waals surface area contributed by atoms with Crippen molar-refractivity contribution in [1.82, 2.24) is 15.2 Å². The highest BCUT2D eigenvalue weighted by atomic mass is 19.2. The highest BCUT2D eigenvalue weighted by molar-refractivity contribution is 6.10. The molecule has 0 saturated heterocycles. The molecule has 0 bridgehead atoms. The molecule has 5 rings (SSSR count). The fourth-order valence-electron chi connectivity index (χ4n) is 3.52. The molecule has 29 heavy (non-hydrogen) atoms. The molecule has 5 nitrogen and oxygen atoms in total. The van der Waals surface area contributed by atoms with E-state index >= 15 is 0 Å². The zero-order valence-electron chi connectivity index (χ0n) is 15.0. The number of carbonyl (C=O) groups is 1. The molecule has 1 amide bonds. The number of nitrogens with zero attached hydrogens (tertiary/aromatic N) is 1. The summed E-state index contributed by atoms with van der Waals surface area (Å²) in [5.41, 5.74) is 3.60. The van der Waals surface area contributed by atoms with Crippen molar-refractivity contribution < 1.29 is 13.6 Å². The van der Waals surface area contributed by atoms with Gasteiger partial charge in [0.1, 0.15) is 0 Å². The van der Waals surface area contributed by atoms with Gasteiger partial charge in [-0.2, -0.15) is 5.10 Å². The quantitative estimate of drug-likeness (QED) is 0.395. The van der Waals surface area contributed by atoms with E-state index in [-0.39, 0.29) is 5.56 Å². The molecule has 0 unspecified atom stereocenters. The van der Waals surface area contributed by atoms with E-state index in [0.717, 1.165) is 28.1 Å². The van der Waals surface area contributed by atoms with Crippen LogP contribution >= 0.6 is 0 Å². The molecular formula is C22H14F2N4O. The van der Waals surface area contributed by atoms with Crippen molar-refractivity contribution in [2.75, 3.05) is 5.32 Å². The minimum Gasteiger partial charge on any atom is -0.361 e. The molecule has 3 aromatic carbocycles. The molecule has 0 aliphatic carbocycles. The molecule has 2 aromatic heterocycles. The number of carbonyl (C=O) groups excluding carboxylic acids is 1. The molecule has 0 fully saturated rings. The average Bonchev–Trinajstić information content (AvgIpc) is 3.38. The molecule has 0 aliphatic heterocycles. The number of hydrogen-bond acceptors (Lipinski definition) is 2. The predicted molar refractivity (Wildman–Crippen MR) is 108 cm³/mol. The number of aromatic amines is 2. The Morgan fingerprint density at radius 2 is 1.83 bits per heavy atom. The van der Waals surface area contributed by atoms with Gasteiger partial charge < -0.3 is 10.3 Å². The Kier molecular flexibility index (Phi) is 3.87. The third kappa shape index (κ3) is 2.84. The fourth-order valence-corrected chi connectivity index (χ4v) is 3.52. The zero-order chi connectivity index (χ0) is 20.0. The summed E-state index contributed by atoms with van der Waals surface area (Å²) in [7, 11) is 0. The van der Waals surface area contributed by atoms with Crippen LogP contribution in [0.5, 0.6) is 0 Å². The third-order valence-electron chi connectivity index (χ3n) is 4.91. The highest BCUT2D eigenvalue weighted by Gasteiger charge is 2.17. The molecule has 0 radical (unpaired) electrons. The van der Waals surface area contributed by atoms with Crippen LogP contribution in [0.25, 0.3) is 32.9 Å². The van der Waals surface area contributed by atoms with Crippen LogP contribution in [0.15, 0.2) is 67.0 Å². The molecule has 3 N–H and O–H groups in total. The highest BCUT2D eigenvalue weighted by Crippen LogP contribution is 2.34. The number of fused-ring (bicyclic) bond motifs is 2. The number of H-pyrrole nitrogens is 2. The fraction of sp³-hybridized carbons (Fsp3) is 0. The minimum absolute atomic E-state index is 0.361. The molecule has 0 atom stereocenters. The summed E-state index contributed by atoms with van der Waals surface area (Å²) in [6.07, 6.45) is 3.44. The van der Waals surface area contributed by atoms with E-state index in [1.54, 1.807) is 12.3 Å². The van der Waals surface area contributed by atoms with Gasteiger partial charge in [-0.1, -0.05) is 18.2 Å². The number of nitrogens with one attached hydrogen (secondary N) is 3. The van der Waals surface area contributed by atoms with Gasteiger partial charge in [0, 0.05) is 22.5 Å². The molecular weight excluding hydrogens is 374 g/mol. The minimum atomic E-state index is -1.18. The van der Waals surface area contributed by atoms with Crippen molar-refractivity contribution in [3.63, 3.8) is 0 Å². The van der Waals surface area contributed by atoms with Crippen LogP contribution < -0.4 is 5.32 Å². The van der Waals surface area contributed by atoms with Gasteiger partial charge in [-0.05, 0) is 47.5 Å². The Morgan fingerprint density at radius 1 is 0.966 bits per heavy atom. The summed E-state index contributed by atoms with van der Waals surface area (Å²) in [6, 6.07) is 15.1. The molecule has 2 heterocycles. The van der Waals surface area contributed by atoms with Crippen LogP contribution in [0.4, 0.5) is 14.5 Å². The van der Waals surface area contributed by atoms with E-state index in [4.69, 9.17) is 0 Å². The Hall–Kier alpha value is -4.00. The number of anilines is 1. The van der Waals surface area contributed by atoms with E-state index in [1.807, 2.05) is 36.5 Å². The Balaban J connectivity index is 1.63. The van der Waals surface area contributed by atoms with Crippen molar-refractivity contribution >= 4 is 33.4 Å². The van der Waals surface area contributed by atoms with Crippen LogP contribution in [-0.4, -0.2) is 21.1 Å². The van der Waals surface area contributed by atoms with Crippen molar-refractivity contribution in [1.29, 1.82) is 0 Å². The van der Waals surface area contributed by atoms with Gasteiger partial charge in [-0.15, -0.1) is 0 Å². The number of amides is 1. The predicted octanol–water partition coefficient (Wildman–Crippen LogP) is 5.24. The largest absolute Gasteiger partial charge is 0.361 e. The summed E-state index contributed by atoms with van der Waals surface area (Å²) in [4.78, 5) is 15.8. The number of aromatic nitrogens is 3. The van der Waals surface area contributed by atoms with E-state index in [2.05, 4.69) is 20.5 Å². The number of benzene rings is 3. The van der Waals surface area contributed by atoms with E-state index in [9.17, 15) is 13.6 Å². The maximum atomic E-state index is 14.0. The van der Waals surface area contributed by atoms with E-state index in [1.165, 1.54) is 12.1 Å². The summed E-state index contributed by atoms with van der Waals surface area (Å²) < 4.78 is 27.5. The maximum absolute atomic E-state index is 14.0. The Labute approximate surface area is 163 Å². The molecule has 0 saturated carbocycles. The van der Waals surface area contributed by atoms with Crippen LogP contribution in [-0.2, 0) is 0 Å². The lowest BCUT2D eigenvalue weighted by Crippen LogP contribution is -2.14. The first-order valence-corrected chi connectivity index (χ1v) is 8.91. The molecule has 5 aromatic rings. The van der Waals surface area contributed by atoms with Crippen LogP contribution in [0.1, 0.15) is 10.4 Å². The van der Waals surface area contributed by atoms with Gasteiger partial charge in [0.15, 0.2) is 11.6 Å². The van der Waals surface area contributed by atoms with Crippen LogP contribution in [0.3, 0.4) is 0 Å². The first-order chi connectivity index (χ1) is 14.1. The van der Waals surface area contributed by atoms with Gasteiger partial charge in [-0.25, -0.2) is 8.78 Å². The Morgan fingerprint density at radius 3 is 2.72 bits per heavy atom. The normalized spacial score (nSPS) is 11.2. The van der Waals surface area contributed by atoms with E-state index in [0.29, 0.717) is 16.6 Å². The summed E-state index contributed by atoms with van der Waals surface area (Å²) in [5, 5.41) is 11.3. The van der Waals surface area contributed by atoms with Crippen molar-refractivity contribution in [2.24, 2.45) is 0 Å². The number of rotatable bonds is 3. The third-order valence-corrected chi connectivity index (χ3v) is 4.91. The standard InChI is InChI=1S/C22H14F2N4O/c23-17-5-1-4-15(21(17)24)22(29)27-19-9-12(10-20-16(19)11-26-28-20)13-3-2-6-18-14(13)7-8-25-18/h1-11,25H,(H,26,28)(H,27,29). The van der Waals surface area contributed by atoms with Crippen molar-refractivity contribution in [2.45, 2.75) is 0 Å². The van der Waals surface area contributed by atoms with Gasteiger partial charge in [0.05, 0.1) is 23.0 Å². The topological polar surface area (TPSA) is 73.6 Å². The first-order valence-electron chi connectivity index (χ1n) is 8.91. The molecule has 0 aliphatic rings. The smallest absolute Gasteiger partial charge is 0.258 e. The van der Waals surface area contributed by atoms with Gasteiger partial charge in [0.25, 0.3) is 5.91 Å². The van der Waals surface area contributed by atoms with Gasteiger partial charge in [0.2, 0.25) is 0 Å². The first kappa shape index (κ1) is 17.1. The summed E-state index contributed by atoms with van der Waals surface area (Å²) in [5.74, 6) is -2.98. The summed E-state index contributed by atoms with van der Waals surface area (Å²) in [6.45, 7) is 0. The second-order valence-electron chi connectivity index (χ2n) is 6.66. The number of halogens is 2. The van der Waals surface area contributed by atoms with E-state index < -0.39 is 17.5 Å². The van der Waals surface area contributed by atoms with Crippen LogP contribution in [0, 0.1) is 11.6 Å². The van der Waals surface area contributed by atoms with Crippen LogP contribution in [0.2, 0.25) is 0 Å². The molecule has 142 valence electrons. The zero-order valence-corrected chi connectivity index (χ0v) is 15.0. The van der Waals surface area contributed by atoms with Crippen molar-refractivity contribution in [3.05, 3.63) is 84.2 Å². The second kappa shape index (κ2) is 6.56. The molecule has 0 spiro atoms. The lowest BCUT2D eigenvalue weighted by molar-refractivity contribution is 0.102. The second-order valence-corrected chi connectivity index (χ2v) is 6.66. The molecule has 7 heteroatoms. The maximum Gasteiger partial charge on any atom is 0.258 e. The van der Waals surface area contributed by atoms with Crippen molar-refractivity contribution in [3.8, 4) is 11.1 Å². The average molecular weight is 388 g/mol. The lowest BCUT2D eigenvalue weighted by Gasteiger charge is -2.11.